The van der Waals surface area contributed by atoms with Gasteiger partial charge in [-0.15, -0.1) is 0 Å². The molecule has 2 N–H and O–H groups in total. The van der Waals surface area contributed by atoms with E-state index in [0.717, 1.165) is 27.4 Å². The highest BCUT2D eigenvalue weighted by Crippen LogP contribution is 2.23. The van der Waals surface area contributed by atoms with Crippen LogP contribution >= 0.6 is 0 Å². The van der Waals surface area contributed by atoms with Crippen molar-refractivity contribution in [2.75, 3.05) is 11.9 Å². The van der Waals surface area contributed by atoms with Crippen LogP contribution in [0.1, 0.15) is 42.4 Å². The van der Waals surface area contributed by atoms with Crippen molar-refractivity contribution in [3.8, 4) is 0 Å². The zero-order chi connectivity index (χ0) is 21.3. The van der Waals surface area contributed by atoms with Crippen molar-refractivity contribution in [1.29, 1.82) is 0 Å². The van der Waals surface area contributed by atoms with Crippen LogP contribution < -0.4 is 10.6 Å². The third-order valence-electron chi connectivity index (χ3n) is 4.94. The van der Waals surface area contributed by atoms with Gasteiger partial charge in [-0.3, -0.25) is 9.59 Å². The number of aromatic nitrogens is 1. The summed E-state index contributed by atoms with van der Waals surface area (Å²) in [5, 5.41) is 5.27. The van der Waals surface area contributed by atoms with Crippen molar-refractivity contribution >= 4 is 29.6 Å². The Bertz CT molecular complexity index is 1000. The molecule has 2 aromatic rings. The summed E-state index contributed by atoms with van der Waals surface area (Å²) in [6, 6.07) is 8.96. The van der Waals surface area contributed by atoms with Gasteiger partial charge in [0.2, 0.25) is 5.91 Å². The van der Waals surface area contributed by atoms with Crippen molar-refractivity contribution in [2.24, 2.45) is 0 Å². The molecule has 7 nitrogen and oxygen atoms in total. The number of urea groups is 1. The molecule has 1 fully saturated rings. The van der Waals surface area contributed by atoms with E-state index in [0.29, 0.717) is 5.69 Å². The smallest absolute Gasteiger partial charge is 0.329 e. The predicted molar refractivity (Wildman–Crippen MR) is 112 cm³/mol. The number of hydrogen-bond donors (Lipinski definition) is 2. The van der Waals surface area contributed by atoms with Crippen LogP contribution in [0.2, 0.25) is 0 Å². The van der Waals surface area contributed by atoms with Crippen LogP contribution in [0.3, 0.4) is 0 Å². The molecule has 7 heteroatoms. The van der Waals surface area contributed by atoms with Crippen LogP contribution in [-0.2, 0) is 9.59 Å². The summed E-state index contributed by atoms with van der Waals surface area (Å²) in [5.74, 6) is -0.944. The van der Waals surface area contributed by atoms with Gasteiger partial charge >= 0.3 is 6.03 Å². The number of nitrogens with one attached hydrogen (secondary N) is 2. The summed E-state index contributed by atoms with van der Waals surface area (Å²) in [5.41, 5.74) is 4.82. The number of amides is 4. The minimum atomic E-state index is -0.599. The third kappa shape index (κ3) is 4.23. The fraction of sp³-hybridized carbons (Fsp3) is 0.318. The molecule has 1 aromatic heterocycles. The zero-order valence-corrected chi connectivity index (χ0v) is 17.4. The molecule has 0 spiro atoms. The third-order valence-corrected chi connectivity index (χ3v) is 4.94. The lowest BCUT2D eigenvalue weighted by Gasteiger charge is -2.13. The Kier molecular flexibility index (Phi) is 5.59. The van der Waals surface area contributed by atoms with Gasteiger partial charge in [-0.2, -0.15) is 0 Å². The molecular weight excluding hydrogens is 368 g/mol. The lowest BCUT2D eigenvalue weighted by Crippen LogP contribution is -2.38. The van der Waals surface area contributed by atoms with E-state index in [4.69, 9.17) is 0 Å². The lowest BCUT2D eigenvalue weighted by atomic mass is 10.2. The number of aryl methyl sites for hydroxylation is 2. The Hall–Kier alpha value is -3.35. The van der Waals surface area contributed by atoms with Gasteiger partial charge in [0.15, 0.2) is 0 Å². The number of benzene rings is 1. The molecule has 0 unspecified atom stereocenters. The van der Waals surface area contributed by atoms with Gasteiger partial charge in [-0.1, -0.05) is 17.7 Å². The summed E-state index contributed by atoms with van der Waals surface area (Å²) in [4.78, 5) is 38.1. The van der Waals surface area contributed by atoms with E-state index in [1.807, 2.05) is 39.0 Å². The van der Waals surface area contributed by atoms with Crippen LogP contribution in [0.25, 0.3) is 6.08 Å². The fourth-order valence-corrected chi connectivity index (χ4v) is 3.60. The molecule has 0 saturated carbocycles. The molecule has 1 aromatic carbocycles. The molecule has 4 amide bonds. The van der Waals surface area contributed by atoms with Crippen LogP contribution in [0.4, 0.5) is 10.5 Å². The topological polar surface area (TPSA) is 83.4 Å². The number of carbonyl (C=O) groups excluding carboxylic acids is 3. The Morgan fingerprint density at radius 2 is 1.79 bits per heavy atom. The molecule has 2 heterocycles. The minimum absolute atomic E-state index is 0.169. The highest BCUT2D eigenvalue weighted by molar-refractivity contribution is 6.16. The van der Waals surface area contributed by atoms with E-state index in [-0.39, 0.29) is 18.3 Å². The van der Waals surface area contributed by atoms with Gasteiger partial charge in [0.25, 0.3) is 5.91 Å². The van der Waals surface area contributed by atoms with Crippen molar-refractivity contribution in [1.82, 2.24) is 14.8 Å². The largest absolute Gasteiger partial charge is 0.346 e. The standard InChI is InChI=1S/C22H26N4O3/c1-13(2)26-15(4)10-17(16(26)5)11-19-21(28)25(22(29)24-19)12-20(27)23-18-8-6-14(3)7-9-18/h6-11,13H,12H2,1-5H3,(H,23,27)(H,24,29)/b19-11+. The van der Waals surface area contributed by atoms with Crippen LogP contribution in [0.5, 0.6) is 0 Å². The first-order chi connectivity index (χ1) is 13.7. The van der Waals surface area contributed by atoms with Crippen LogP contribution in [0, 0.1) is 20.8 Å². The predicted octanol–water partition coefficient (Wildman–Crippen LogP) is 3.53. The summed E-state index contributed by atoms with van der Waals surface area (Å²) in [6.07, 6.45) is 1.67. The number of hydrogen-bond acceptors (Lipinski definition) is 3. The van der Waals surface area contributed by atoms with E-state index in [1.54, 1.807) is 18.2 Å². The first-order valence-corrected chi connectivity index (χ1v) is 9.57. The summed E-state index contributed by atoms with van der Waals surface area (Å²) in [6.45, 7) is 9.77. The Morgan fingerprint density at radius 3 is 2.38 bits per heavy atom. The SMILES string of the molecule is Cc1ccc(NC(=O)CN2C(=O)N/C(=C/c3cc(C)n(C(C)C)c3C)C2=O)cc1. The maximum atomic E-state index is 12.7. The highest BCUT2D eigenvalue weighted by Gasteiger charge is 2.35. The van der Waals surface area contributed by atoms with Gasteiger partial charge in [-0.25, -0.2) is 9.69 Å². The zero-order valence-electron chi connectivity index (χ0n) is 17.4. The molecule has 1 saturated heterocycles. The molecule has 1 aliphatic rings. The monoisotopic (exact) mass is 394 g/mol. The van der Waals surface area contributed by atoms with Gasteiger partial charge < -0.3 is 15.2 Å². The second-order valence-corrected chi connectivity index (χ2v) is 7.58. The number of rotatable bonds is 5. The molecule has 29 heavy (non-hydrogen) atoms. The Balaban J connectivity index is 1.74. The summed E-state index contributed by atoms with van der Waals surface area (Å²) in [7, 11) is 0. The summed E-state index contributed by atoms with van der Waals surface area (Å²) < 4.78 is 2.17. The average molecular weight is 394 g/mol. The maximum absolute atomic E-state index is 12.7. The van der Waals surface area contributed by atoms with E-state index >= 15 is 0 Å². The Labute approximate surface area is 170 Å². The van der Waals surface area contributed by atoms with E-state index < -0.39 is 17.8 Å². The van der Waals surface area contributed by atoms with E-state index in [2.05, 4.69) is 29.0 Å². The average Bonchev–Trinajstić information content (AvgIpc) is 3.07. The number of anilines is 1. The molecule has 0 bridgehead atoms. The quantitative estimate of drug-likeness (QED) is 0.601. The van der Waals surface area contributed by atoms with Crippen molar-refractivity contribution in [3.05, 3.63) is 58.5 Å². The molecular formula is C22H26N4O3. The second kappa shape index (κ2) is 7.95. The van der Waals surface area contributed by atoms with Crippen LogP contribution in [-0.4, -0.2) is 33.9 Å². The molecule has 152 valence electrons. The first kappa shape index (κ1) is 20.4. The number of nitrogens with zero attached hydrogens (tertiary/aromatic N) is 2. The minimum Gasteiger partial charge on any atom is -0.346 e. The molecule has 0 atom stereocenters. The van der Waals surface area contributed by atoms with E-state index in [1.165, 1.54) is 0 Å². The lowest BCUT2D eigenvalue weighted by molar-refractivity contribution is -0.127. The highest BCUT2D eigenvalue weighted by atomic mass is 16.2. The van der Waals surface area contributed by atoms with Gasteiger partial charge in [0.1, 0.15) is 12.2 Å². The Morgan fingerprint density at radius 1 is 1.14 bits per heavy atom. The molecule has 3 rings (SSSR count). The molecule has 1 aliphatic heterocycles. The summed E-state index contributed by atoms with van der Waals surface area (Å²) >= 11 is 0. The first-order valence-electron chi connectivity index (χ1n) is 9.57. The fourth-order valence-electron chi connectivity index (χ4n) is 3.60. The molecule has 0 radical (unpaired) electrons. The number of carbonyl (C=O) groups is 3. The van der Waals surface area contributed by atoms with E-state index in [9.17, 15) is 14.4 Å². The van der Waals surface area contributed by atoms with Crippen molar-refractivity contribution in [2.45, 2.75) is 40.7 Å². The second-order valence-electron chi connectivity index (χ2n) is 7.58. The van der Waals surface area contributed by atoms with Gasteiger partial charge in [0.05, 0.1) is 0 Å². The maximum Gasteiger partial charge on any atom is 0.329 e. The van der Waals surface area contributed by atoms with Crippen LogP contribution in [0.15, 0.2) is 36.0 Å². The number of imide groups is 1. The molecule has 0 aliphatic carbocycles. The normalized spacial score (nSPS) is 15.4. The van der Waals surface area contributed by atoms with Gasteiger partial charge in [0, 0.05) is 23.1 Å². The van der Waals surface area contributed by atoms with Crippen molar-refractivity contribution < 1.29 is 14.4 Å². The van der Waals surface area contributed by atoms with Crippen molar-refractivity contribution in [3.63, 3.8) is 0 Å². The van der Waals surface area contributed by atoms with Gasteiger partial charge in [-0.05, 0) is 64.5 Å².